The van der Waals surface area contributed by atoms with Crippen LogP contribution in [0.25, 0.3) is 0 Å². The van der Waals surface area contributed by atoms with Crippen molar-refractivity contribution in [3.05, 3.63) is 64.7 Å². The summed E-state index contributed by atoms with van der Waals surface area (Å²) in [5, 5.41) is 7.07. The number of benzene rings is 2. The molecular weight excluding hydrogens is 548 g/mol. The number of anilines is 1. The molecule has 3 rings (SSSR count). The van der Waals surface area contributed by atoms with Crippen LogP contribution in [-0.2, 0) is 36.9 Å². The van der Waals surface area contributed by atoms with Crippen molar-refractivity contribution in [1.82, 2.24) is 15.3 Å². The molecule has 0 saturated carbocycles. The smallest absolute Gasteiger partial charge is 0.411 e. The Kier molecular flexibility index (Phi) is 11.1. The average molecular weight is 587 g/mol. The molecule has 10 nitrogen and oxygen atoms in total. The second-order valence-corrected chi connectivity index (χ2v) is 11.5. The number of nitrogens with zero attached hydrogens (tertiary/aromatic N) is 2. The quantitative estimate of drug-likeness (QED) is 0.294. The summed E-state index contributed by atoms with van der Waals surface area (Å²) in [5.41, 5.74) is 0.541. The summed E-state index contributed by atoms with van der Waals surface area (Å²) in [5.74, 6) is -0.752. The van der Waals surface area contributed by atoms with Crippen LogP contribution in [0.2, 0.25) is 5.02 Å². The molecule has 1 aliphatic rings. The molecule has 1 aliphatic heterocycles. The summed E-state index contributed by atoms with van der Waals surface area (Å²) in [7, 11) is 0. The molecule has 0 radical (unpaired) electrons. The van der Waals surface area contributed by atoms with Crippen molar-refractivity contribution < 1.29 is 28.8 Å². The third-order valence-corrected chi connectivity index (χ3v) is 7.07. The van der Waals surface area contributed by atoms with Gasteiger partial charge >= 0.3 is 6.09 Å². The Hall–Kier alpha value is -3.63. The van der Waals surface area contributed by atoms with E-state index in [1.165, 1.54) is 4.90 Å². The number of piperidine rings is 1. The summed E-state index contributed by atoms with van der Waals surface area (Å²) in [6.07, 6.45) is 1.51. The van der Waals surface area contributed by atoms with Crippen LogP contribution in [0, 0.1) is 5.41 Å². The fraction of sp³-hybridized carbons (Fsp3) is 0.467. The Morgan fingerprint density at radius 3 is 2.46 bits per heavy atom. The first kappa shape index (κ1) is 31.9. The second kappa shape index (κ2) is 14.3. The van der Waals surface area contributed by atoms with Crippen molar-refractivity contribution in [1.29, 1.82) is 0 Å². The second-order valence-electron chi connectivity index (χ2n) is 11.1. The van der Waals surface area contributed by atoms with Gasteiger partial charge in [0.15, 0.2) is 0 Å². The molecule has 4 amide bonds. The van der Waals surface area contributed by atoms with Crippen molar-refractivity contribution in [2.24, 2.45) is 5.41 Å². The Labute approximate surface area is 246 Å². The molecule has 1 saturated heterocycles. The molecule has 41 heavy (non-hydrogen) atoms. The van der Waals surface area contributed by atoms with Gasteiger partial charge in [-0.25, -0.2) is 9.86 Å². The number of amides is 4. The fourth-order valence-corrected chi connectivity index (χ4v) is 4.78. The van der Waals surface area contributed by atoms with Crippen LogP contribution in [0.1, 0.15) is 51.7 Å². The molecule has 1 heterocycles. The molecule has 1 atom stereocenters. The highest BCUT2D eigenvalue weighted by molar-refractivity contribution is 6.31. The van der Waals surface area contributed by atoms with Gasteiger partial charge in [0.2, 0.25) is 18.2 Å². The molecule has 222 valence electrons. The number of carbonyl (C=O) groups excluding carboxylic acids is 4. The number of hydroxylamine groups is 2. The average Bonchev–Trinajstić information content (AvgIpc) is 2.95. The number of hydrogen-bond acceptors (Lipinski definition) is 6. The van der Waals surface area contributed by atoms with E-state index in [1.54, 1.807) is 45.0 Å². The number of carbonyl (C=O) groups is 4. The van der Waals surface area contributed by atoms with Gasteiger partial charge in [0, 0.05) is 30.3 Å². The lowest BCUT2D eigenvalue weighted by molar-refractivity contribution is -0.217. The van der Waals surface area contributed by atoms with Crippen LogP contribution in [-0.4, -0.2) is 66.1 Å². The van der Waals surface area contributed by atoms with E-state index in [1.807, 2.05) is 31.2 Å². The molecule has 2 aromatic rings. The molecule has 2 N–H and O–H groups in total. The topological polar surface area (TPSA) is 117 Å². The number of halogens is 1. The Morgan fingerprint density at radius 1 is 1.12 bits per heavy atom. The maximum atomic E-state index is 13.7. The van der Waals surface area contributed by atoms with Crippen LogP contribution in [0.4, 0.5) is 10.5 Å². The van der Waals surface area contributed by atoms with Crippen molar-refractivity contribution in [2.45, 2.75) is 59.1 Å². The summed E-state index contributed by atoms with van der Waals surface area (Å²) in [4.78, 5) is 58.2. The molecule has 0 bridgehead atoms. The first-order valence-corrected chi connectivity index (χ1v) is 14.1. The summed E-state index contributed by atoms with van der Waals surface area (Å²) in [6.45, 7) is 7.34. The van der Waals surface area contributed by atoms with Gasteiger partial charge in [-0.3, -0.25) is 24.5 Å². The fourth-order valence-electron chi connectivity index (χ4n) is 4.58. The van der Waals surface area contributed by atoms with Crippen LogP contribution in [0.3, 0.4) is 0 Å². The molecule has 11 heteroatoms. The van der Waals surface area contributed by atoms with Gasteiger partial charge in [0.05, 0.1) is 5.60 Å². The molecule has 0 spiro atoms. The number of aryl methyl sites for hydroxylation is 1. The Bertz CT molecular complexity index is 1220. The molecule has 2 aromatic carbocycles. The number of ether oxygens (including phenoxy) is 1. The summed E-state index contributed by atoms with van der Waals surface area (Å²) >= 11 is 6.27. The molecule has 0 aromatic heterocycles. The third kappa shape index (κ3) is 9.47. The van der Waals surface area contributed by atoms with Crippen LogP contribution >= 0.6 is 11.6 Å². The third-order valence-electron chi connectivity index (χ3n) is 6.70. The minimum Gasteiger partial charge on any atom is -0.448 e. The monoisotopic (exact) mass is 586 g/mol. The van der Waals surface area contributed by atoms with Gasteiger partial charge < -0.3 is 15.0 Å². The van der Waals surface area contributed by atoms with Crippen molar-refractivity contribution in [3.8, 4) is 0 Å². The lowest BCUT2D eigenvalue weighted by Gasteiger charge is -2.41. The van der Waals surface area contributed by atoms with Gasteiger partial charge in [-0.1, -0.05) is 48.9 Å². The first-order valence-electron chi connectivity index (χ1n) is 13.7. The lowest BCUT2D eigenvalue weighted by Crippen LogP contribution is -2.57. The van der Waals surface area contributed by atoms with Crippen LogP contribution in [0.5, 0.6) is 0 Å². The minimum absolute atomic E-state index is 0.000873. The van der Waals surface area contributed by atoms with E-state index in [9.17, 15) is 19.2 Å². The van der Waals surface area contributed by atoms with Crippen molar-refractivity contribution in [2.75, 3.05) is 31.6 Å². The van der Waals surface area contributed by atoms with E-state index in [-0.39, 0.29) is 38.1 Å². The number of nitrogens with one attached hydrogen (secondary N) is 2. The van der Waals surface area contributed by atoms with E-state index in [0.29, 0.717) is 36.5 Å². The van der Waals surface area contributed by atoms with Crippen molar-refractivity contribution in [3.63, 3.8) is 0 Å². The zero-order valence-corrected chi connectivity index (χ0v) is 24.8. The molecule has 1 fully saturated rings. The maximum absolute atomic E-state index is 13.7. The van der Waals surface area contributed by atoms with E-state index < -0.39 is 17.1 Å². The first-order chi connectivity index (χ1) is 19.4. The van der Waals surface area contributed by atoms with Gasteiger partial charge in [-0.15, -0.1) is 0 Å². The Morgan fingerprint density at radius 2 is 1.83 bits per heavy atom. The summed E-state index contributed by atoms with van der Waals surface area (Å²) < 4.78 is 5.57. The zero-order valence-electron chi connectivity index (χ0n) is 24.1. The maximum Gasteiger partial charge on any atom is 0.411 e. The van der Waals surface area contributed by atoms with Gasteiger partial charge in [0.1, 0.15) is 18.6 Å². The largest absolute Gasteiger partial charge is 0.448 e. The highest BCUT2D eigenvalue weighted by Crippen LogP contribution is 2.32. The number of rotatable bonds is 11. The van der Waals surface area contributed by atoms with Gasteiger partial charge in [0.25, 0.3) is 0 Å². The predicted molar refractivity (Wildman–Crippen MR) is 156 cm³/mol. The highest BCUT2D eigenvalue weighted by Gasteiger charge is 2.45. The standard InChI is InChI=1S/C30H39ClN4O6/c1-5-22-11-13-24(14-12-22)33-28(39)40-20-30(27(38)32-17-23-9-6-7-10-25(23)31)15-8-16-34(19-30)26(37)18-35(21-36)41-29(2,3)4/h6-7,9-14,21H,5,8,15-20H2,1-4H3,(H,32,38)(H,33,39). The van der Waals surface area contributed by atoms with E-state index >= 15 is 0 Å². The van der Waals surface area contributed by atoms with Gasteiger partial charge in [-0.05, 0) is 69.4 Å². The molecule has 0 aliphatic carbocycles. The molecular formula is C30H39ClN4O6. The minimum atomic E-state index is -1.21. The van der Waals surface area contributed by atoms with Crippen LogP contribution in [0.15, 0.2) is 48.5 Å². The van der Waals surface area contributed by atoms with Crippen molar-refractivity contribution >= 4 is 41.6 Å². The highest BCUT2D eigenvalue weighted by atomic mass is 35.5. The molecule has 1 unspecified atom stereocenters. The number of hydrogen-bond donors (Lipinski definition) is 2. The predicted octanol–water partition coefficient (Wildman–Crippen LogP) is 4.56. The Balaban J connectivity index is 1.74. The van der Waals surface area contributed by atoms with E-state index in [2.05, 4.69) is 10.6 Å². The summed E-state index contributed by atoms with van der Waals surface area (Å²) in [6, 6.07) is 14.6. The van der Waals surface area contributed by atoms with E-state index in [4.69, 9.17) is 21.2 Å². The van der Waals surface area contributed by atoms with Gasteiger partial charge in [-0.2, -0.15) is 0 Å². The van der Waals surface area contributed by atoms with Crippen LogP contribution < -0.4 is 10.6 Å². The SMILES string of the molecule is CCc1ccc(NC(=O)OCC2(C(=O)NCc3ccccc3Cl)CCCN(C(=O)CN(C=O)OC(C)(C)C)C2)cc1. The van der Waals surface area contributed by atoms with E-state index in [0.717, 1.165) is 22.6 Å². The lowest BCUT2D eigenvalue weighted by atomic mass is 9.79. The zero-order chi connectivity index (χ0) is 30.0. The number of likely N-dealkylation sites (tertiary alicyclic amines) is 1. The normalized spacial score (nSPS) is 17.0.